The van der Waals surface area contributed by atoms with Gasteiger partial charge in [0.1, 0.15) is 11.5 Å². The van der Waals surface area contributed by atoms with E-state index in [9.17, 15) is 14.7 Å². The van der Waals surface area contributed by atoms with Crippen LogP contribution >= 0.6 is 0 Å². The van der Waals surface area contributed by atoms with Crippen molar-refractivity contribution >= 4 is 11.8 Å². The molecule has 0 bridgehead atoms. The first-order chi connectivity index (χ1) is 9.49. The number of aliphatic hydroxyl groups is 1. The van der Waals surface area contributed by atoms with Crippen molar-refractivity contribution in [3.05, 3.63) is 23.3 Å². The van der Waals surface area contributed by atoms with E-state index in [1.807, 2.05) is 0 Å². The number of benzene rings is 1. The molecule has 0 radical (unpaired) electrons. The zero-order valence-corrected chi connectivity index (χ0v) is 11.6. The maximum Gasteiger partial charge on any atom is 0.346 e. The van der Waals surface area contributed by atoms with Crippen LogP contribution in [-0.2, 0) is 16.0 Å². The number of methoxy groups -OCH3 is 3. The second kappa shape index (κ2) is 5.13. The van der Waals surface area contributed by atoms with Crippen LogP contribution in [0.15, 0.2) is 12.1 Å². The molecule has 0 aromatic heterocycles. The minimum absolute atomic E-state index is 0.0466. The fraction of sp³-hybridized carbons (Fsp3) is 0.429. The number of ether oxygens (including phenoxy) is 3. The third-order valence-corrected chi connectivity index (χ3v) is 3.53. The van der Waals surface area contributed by atoms with E-state index in [0.29, 0.717) is 23.5 Å². The maximum absolute atomic E-state index is 12.5. The van der Waals surface area contributed by atoms with Gasteiger partial charge >= 0.3 is 5.97 Å². The third kappa shape index (κ3) is 1.92. The number of rotatable bonds is 3. The third-order valence-electron chi connectivity index (χ3n) is 3.53. The first-order valence-corrected chi connectivity index (χ1v) is 6.09. The van der Waals surface area contributed by atoms with Gasteiger partial charge in [0.2, 0.25) is 11.4 Å². The fourth-order valence-corrected chi connectivity index (χ4v) is 2.46. The van der Waals surface area contributed by atoms with Crippen LogP contribution in [0, 0.1) is 0 Å². The number of fused-ring (bicyclic) bond motifs is 1. The summed E-state index contributed by atoms with van der Waals surface area (Å²) in [4.78, 5) is 24.2. The number of carbonyl (C=O) groups is 2. The van der Waals surface area contributed by atoms with E-state index >= 15 is 0 Å². The molecule has 20 heavy (non-hydrogen) atoms. The summed E-state index contributed by atoms with van der Waals surface area (Å²) in [5.74, 6) is -0.853. The average molecular weight is 280 g/mol. The maximum atomic E-state index is 12.5. The van der Waals surface area contributed by atoms with Gasteiger partial charge in [-0.3, -0.25) is 4.79 Å². The van der Waals surface area contributed by atoms with Crippen LogP contribution in [0.5, 0.6) is 11.5 Å². The molecule has 0 aliphatic heterocycles. The molecule has 0 amide bonds. The first-order valence-electron chi connectivity index (χ1n) is 6.09. The Morgan fingerprint density at radius 2 is 1.80 bits per heavy atom. The summed E-state index contributed by atoms with van der Waals surface area (Å²) in [6, 6.07) is 3.26. The lowest BCUT2D eigenvalue weighted by Crippen LogP contribution is -2.50. The Hall–Kier alpha value is -2.08. The smallest absolute Gasteiger partial charge is 0.346 e. The van der Waals surface area contributed by atoms with Gasteiger partial charge in [0.15, 0.2) is 0 Å². The van der Waals surface area contributed by atoms with Gasteiger partial charge in [-0.05, 0) is 25.0 Å². The molecule has 0 heterocycles. The molecule has 6 heteroatoms. The van der Waals surface area contributed by atoms with Crippen LogP contribution in [0.25, 0.3) is 0 Å². The Balaban J connectivity index is 2.61. The Bertz CT molecular complexity index is 565. The Kier molecular flexibility index (Phi) is 3.67. The number of Topliss-reactive ketones (excluding diaryl/α,β-unsaturated/α-hetero) is 1. The highest BCUT2D eigenvalue weighted by Crippen LogP contribution is 2.39. The van der Waals surface area contributed by atoms with Gasteiger partial charge in [0.05, 0.1) is 26.9 Å². The summed E-state index contributed by atoms with van der Waals surface area (Å²) in [5, 5.41) is 10.3. The molecule has 1 aromatic carbocycles. The molecule has 0 spiro atoms. The molecular formula is C14H16O6. The van der Waals surface area contributed by atoms with E-state index in [4.69, 9.17) is 9.47 Å². The molecule has 1 aliphatic rings. The Morgan fingerprint density at radius 3 is 2.35 bits per heavy atom. The molecule has 1 atom stereocenters. The van der Waals surface area contributed by atoms with Crippen LogP contribution in [0.2, 0.25) is 0 Å². The second-order valence-corrected chi connectivity index (χ2v) is 4.50. The molecule has 2 rings (SSSR count). The quantitative estimate of drug-likeness (QED) is 0.649. The number of hydrogen-bond donors (Lipinski definition) is 1. The molecule has 6 nitrogen and oxygen atoms in total. The molecule has 108 valence electrons. The van der Waals surface area contributed by atoms with Gasteiger partial charge in [-0.1, -0.05) is 0 Å². The van der Waals surface area contributed by atoms with E-state index in [0.717, 1.165) is 7.11 Å². The van der Waals surface area contributed by atoms with Gasteiger partial charge in [0.25, 0.3) is 0 Å². The van der Waals surface area contributed by atoms with Crippen molar-refractivity contribution in [1.82, 2.24) is 0 Å². The molecule has 1 aromatic rings. The minimum atomic E-state index is -2.17. The molecule has 1 N–H and O–H groups in total. The lowest BCUT2D eigenvalue weighted by atomic mass is 9.78. The second-order valence-electron chi connectivity index (χ2n) is 4.50. The lowest BCUT2D eigenvalue weighted by molar-refractivity contribution is -0.157. The van der Waals surface area contributed by atoms with E-state index in [2.05, 4.69) is 4.74 Å². The van der Waals surface area contributed by atoms with Crippen molar-refractivity contribution in [1.29, 1.82) is 0 Å². The highest BCUT2D eigenvalue weighted by atomic mass is 16.5. The highest BCUT2D eigenvalue weighted by Gasteiger charge is 2.50. The number of carbonyl (C=O) groups excluding carboxylic acids is 2. The SMILES string of the molecule is COC(=O)[C@@]1(O)CCc2c(OC)ccc(OC)c2C1=O. The largest absolute Gasteiger partial charge is 0.496 e. The number of ketones is 1. The summed E-state index contributed by atoms with van der Waals surface area (Å²) >= 11 is 0. The zero-order valence-electron chi connectivity index (χ0n) is 11.6. The van der Waals surface area contributed by atoms with Gasteiger partial charge in [-0.25, -0.2) is 4.79 Å². The first kappa shape index (κ1) is 14.3. The van der Waals surface area contributed by atoms with E-state index in [-0.39, 0.29) is 12.0 Å². The Morgan fingerprint density at radius 1 is 1.20 bits per heavy atom. The van der Waals surface area contributed by atoms with E-state index in [1.165, 1.54) is 14.2 Å². The topological polar surface area (TPSA) is 82.1 Å². The van der Waals surface area contributed by atoms with Gasteiger partial charge in [-0.15, -0.1) is 0 Å². The van der Waals surface area contributed by atoms with Crippen molar-refractivity contribution < 1.29 is 28.9 Å². The van der Waals surface area contributed by atoms with Crippen LogP contribution < -0.4 is 9.47 Å². The molecule has 1 aliphatic carbocycles. The normalized spacial score (nSPS) is 21.1. The standard InChI is InChI=1S/C14H16O6/c1-18-9-4-5-10(19-2)11-8(9)6-7-14(17,12(11)15)13(16)20-3/h4-5,17H,6-7H2,1-3H3/t14-/m1/s1. The Labute approximate surface area is 116 Å². The van der Waals surface area contributed by atoms with Crippen molar-refractivity contribution in [3.63, 3.8) is 0 Å². The monoisotopic (exact) mass is 280 g/mol. The highest BCUT2D eigenvalue weighted by molar-refractivity contribution is 6.18. The summed E-state index contributed by atoms with van der Waals surface area (Å²) in [6.07, 6.45) is 0.266. The van der Waals surface area contributed by atoms with E-state index in [1.54, 1.807) is 12.1 Å². The molecule has 0 fully saturated rings. The minimum Gasteiger partial charge on any atom is -0.496 e. The molecular weight excluding hydrogens is 264 g/mol. The summed E-state index contributed by atoms with van der Waals surface area (Å²) in [7, 11) is 4.04. The van der Waals surface area contributed by atoms with Gasteiger partial charge in [0, 0.05) is 5.56 Å². The van der Waals surface area contributed by atoms with E-state index < -0.39 is 17.4 Å². The summed E-state index contributed by atoms with van der Waals surface area (Å²) in [5.41, 5.74) is -1.36. The van der Waals surface area contributed by atoms with Gasteiger partial charge < -0.3 is 19.3 Å². The average Bonchev–Trinajstić information content (AvgIpc) is 2.48. The summed E-state index contributed by atoms with van der Waals surface area (Å²) < 4.78 is 14.9. The van der Waals surface area contributed by atoms with Crippen molar-refractivity contribution in [2.75, 3.05) is 21.3 Å². The summed E-state index contributed by atoms with van der Waals surface area (Å²) in [6.45, 7) is 0. The van der Waals surface area contributed by atoms with Crippen molar-refractivity contribution in [3.8, 4) is 11.5 Å². The lowest BCUT2D eigenvalue weighted by Gasteiger charge is -2.30. The van der Waals surface area contributed by atoms with Gasteiger partial charge in [-0.2, -0.15) is 0 Å². The molecule has 0 saturated carbocycles. The fourth-order valence-electron chi connectivity index (χ4n) is 2.46. The molecule has 0 saturated heterocycles. The van der Waals surface area contributed by atoms with Crippen molar-refractivity contribution in [2.45, 2.75) is 18.4 Å². The van der Waals surface area contributed by atoms with Crippen LogP contribution in [0.4, 0.5) is 0 Å². The predicted molar refractivity (Wildman–Crippen MR) is 69.2 cm³/mol. The zero-order chi connectivity index (χ0) is 14.9. The van der Waals surface area contributed by atoms with Crippen molar-refractivity contribution in [2.24, 2.45) is 0 Å². The molecule has 0 unspecified atom stereocenters. The van der Waals surface area contributed by atoms with Crippen LogP contribution in [-0.4, -0.2) is 43.8 Å². The number of esters is 1. The number of hydrogen-bond acceptors (Lipinski definition) is 6. The van der Waals surface area contributed by atoms with Crippen LogP contribution in [0.1, 0.15) is 22.3 Å². The van der Waals surface area contributed by atoms with Crippen LogP contribution in [0.3, 0.4) is 0 Å². The predicted octanol–water partition coefficient (Wildman–Crippen LogP) is 0.737.